The smallest absolute Gasteiger partial charge is 0.408 e. The number of halogens is 1. The first-order chi connectivity index (χ1) is 17.9. The molecular weight excluding hydrogens is 471 g/mol. The lowest BCUT2D eigenvalue weighted by Crippen LogP contribution is -2.50. The van der Waals surface area contributed by atoms with Crippen LogP contribution in [-0.4, -0.2) is 28.0 Å². The SMILES string of the molecule is Cc1cnc(C)c(-c2ccc(NC(=O)[C@@H](NC(=O)OCc3ccccc3)C(C3CC3)C3CC3)nc2F)c1. The van der Waals surface area contributed by atoms with Gasteiger partial charge in [0.15, 0.2) is 0 Å². The lowest BCUT2D eigenvalue weighted by atomic mass is 9.89. The number of amides is 2. The Balaban J connectivity index is 1.31. The summed E-state index contributed by atoms with van der Waals surface area (Å²) in [4.78, 5) is 34.4. The molecule has 0 spiro atoms. The highest BCUT2D eigenvalue weighted by atomic mass is 19.1. The third kappa shape index (κ3) is 6.13. The second kappa shape index (κ2) is 10.7. The van der Waals surface area contributed by atoms with Crippen LogP contribution in [0.1, 0.15) is 42.5 Å². The molecule has 2 saturated carbocycles. The zero-order chi connectivity index (χ0) is 25.9. The van der Waals surface area contributed by atoms with Crippen LogP contribution in [0.5, 0.6) is 0 Å². The minimum atomic E-state index is -0.781. The predicted molar refractivity (Wildman–Crippen MR) is 138 cm³/mol. The highest BCUT2D eigenvalue weighted by molar-refractivity contribution is 5.96. The summed E-state index contributed by atoms with van der Waals surface area (Å²) in [6, 6.07) is 13.6. The molecule has 2 amide bonds. The molecule has 5 rings (SSSR count). The highest BCUT2D eigenvalue weighted by Crippen LogP contribution is 2.50. The van der Waals surface area contributed by atoms with Crippen molar-refractivity contribution in [3.05, 3.63) is 77.5 Å². The number of anilines is 1. The molecule has 0 bridgehead atoms. The monoisotopic (exact) mass is 502 g/mol. The number of aromatic nitrogens is 2. The number of alkyl carbamates (subject to hydrolysis) is 1. The van der Waals surface area contributed by atoms with Crippen molar-refractivity contribution in [3.8, 4) is 11.1 Å². The van der Waals surface area contributed by atoms with Crippen molar-refractivity contribution in [2.45, 2.75) is 52.2 Å². The molecule has 2 N–H and O–H groups in total. The average molecular weight is 503 g/mol. The second-order valence-electron chi connectivity index (χ2n) is 10.1. The molecule has 2 aliphatic carbocycles. The fourth-order valence-corrected chi connectivity index (χ4v) is 4.94. The van der Waals surface area contributed by atoms with Crippen LogP contribution in [0, 0.1) is 37.5 Å². The minimum Gasteiger partial charge on any atom is -0.445 e. The number of nitrogens with zero attached hydrogens (tertiary/aromatic N) is 2. The maximum atomic E-state index is 15.0. The molecule has 8 heteroatoms. The fraction of sp³-hybridized carbons (Fsp3) is 0.379. The van der Waals surface area contributed by atoms with E-state index < -0.39 is 24.0 Å². The van der Waals surface area contributed by atoms with Gasteiger partial charge < -0.3 is 15.4 Å². The van der Waals surface area contributed by atoms with E-state index in [-0.39, 0.29) is 18.3 Å². The van der Waals surface area contributed by atoms with Gasteiger partial charge in [-0.2, -0.15) is 4.39 Å². The molecule has 0 aliphatic heterocycles. The van der Waals surface area contributed by atoms with Gasteiger partial charge in [-0.05, 0) is 86.6 Å². The molecule has 1 atom stereocenters. The van der Waals surface area contributed by atoms with Gasteiger partial charge in [-0.3, -0.25) is 9.78 Å². The van der Waals surface area contributed by atoms with Crippen LogP contribution in [0.4, 0.5) is 15.0 Å². The summed E-state index contributed by atoms with van der Waals surface area (Å²) < 4.78 is 20.4. The largest absolute Gasteiger partial charge is 0.445 e. The van der Waals surface area contributed by atoms with E-state index in [1.54, 1.807) is 18.3 Å². The van der Waals surface area contributed by atoms with Crippen LogP contribution >= 0.6 is 0 Å². The first-order valence-corrected chi connectivity index (χ1v) is 12.8. The highest BCUT2D eigenvalue weighted by Gasteiger charge is 2.48. The van der Waals surface area contributed by atoms with Crippen molar-refractivity contribution >= 4 is 17.8 Å². The number of aryl methyl sites for hydroxylation is 2. The zero-order valence-electron chi connectivity index (χ0n) is 21.0. The Morgan fingerprint density at radius 1 is 1.03 bits per heavy atom. The van der Waals surface area contributed by atoms with Crippen LogP contribution in [0.15, 0.2) is 54.7 Å². The van der Waals surface area contributed by atoms with E-state index >= 15 is 4.39 Å². The van der Waals surface area contributed by atoms with Crippen LogP contribution in [0.25, 0.3) is 11.1 Å². The van der Waals surface area contributed by atoms with Crippen LogP contribution < -0.4 is 10.6 Å². The molecule has 2 fully saturated rings. The predicted octanol–water partition coefficient (Wildman–Crippen LogP) is 5.57. The number of ether oxygens (including phenoxy) is 1. The molecule has 2 aliphatic rings. The second-order valence-corrected chi connectivity index (χ2v) is 10.1. The van der Waals surface area contributed by atoms with Crippen molar-refractivity contribution in [3.63, 3.8) is 0 Å². The van der Waals surface area contributed by atoms with Crippen LogP contribution in [0.3, 0.4) is 0 Å². The molecule has 0 saturated heterocycles. The van der Waals surface area contributed by atoms with Crippen LogP contribution in [-0.2, 0) is 16.1 Å². The number of hydrogen-bond donors (Lipinski definition) is 2. The lowest BCUT2D eigenvalue weighted by molar-refractivity contribution is -0.119. The van der Waals surface area contributed by atoms with Gasteiger partial charge in [0.25, 0.3) is 0 Å². The molecule has 192 valence electrons. The first kappa shape index (κ1) is 24.9. The zero-order valence-corrected chi connectivity index (χ0v) is 21.0. The Hall–Kier alpha value is -3.81. The number of carbonyl (C=O) groups excluding carboxylic acids is 2. The Morgan fingerprint density at radius 2 is 1.73 bits per heavy atom. The topological polar surface area (TPSA) is 93.2 Å². The van der Waals surface area contributed by atoms with Gasteiger partial charge in [0, 0.05) is 23.0 Å². The van der Waals surface area contributed by atoms with Gasteiger partial charge >= 0.3 is 6.09 Å². The Bertz CT molecular complexity index is 1280. The molecular formula is C29H31FN4O3. The molecule has 1 aromatic carbocycles. The molecule has 37 heavy (non-hydrogen) atoms. The van der Waals surface area contributed by atoms with Crippen molar-refractivity contribution in [1.82, 2.24) is 15.3 Å². The van der Waals surface area contributed by atoms with Gasteiger partial charge in [-0.25, -0.2) is 9.78 Å². The summed E-state index contributed by atoms with van der Waals surface area (Å²) in [5.74, 6) is -0.202. The summed E-state index contributed by atoms with van der Waals surface area (Å²) >= 11 is 0. The molecule has 0 radical (unpaired) electrons. The van der Waals surface area contributed by atoms with Gasteiger partial charge in [-0.15, -0.1) is 0 Å². The Kier molecular flexibility index (Phi) is 7.17. The number of hydrogen-bond acceptors (Lipinski definition) is 5. The normalized spacial score (nSPS) is 15.8. The molecule has 2 aromatic heterocycles. The summed E-state index contributed by atoms with van der Waals surface area (Å²) in [5, 5.41) is 5.55. The number of rotatable bonds is 9. The van der Waals surface area contributed by atoms with Crippen molar-refractivity contribution in [2.75, 3.05) is 5.32 Å². The third-order valence-electron chi connectivity index (χ3n) is 7.10. The summed E-state index contributed by atoms with van der Waals surface area (Å²) in [6.07, 6.45) is 5.24. The van der Waals surface area contributed by atoms with Gasteiger partial charge in [-0.1, -0.05) is 30.3 Å². The van der Waals surface area contributed by atoms with Crippen molar-refractivity contribution in [2.24, 2.45) is 17.8 Å². The first-order valence-electron chi connectivity index (χ1n) is 12.8. The molecule has 0 unspecified atom stereocenters. The van der Waals surface area contributed by atoms with Gasteiger partial charge in [0.1, 0.15) is 18.5 Å². The summed E-state index contributed by atoms with van der Waals surface area (Å²) in [7, 11) is 0. The van der Waals surface area contributed by atoms with E-state index in [1.165, 1.54) is 0 Å². The van der Waals surface area contributed by atoms with E-state index in [2.05, 4.69) is 20.6 Å². The quantitative estimate of drug-likeness (QED) is 0.373. The van der Waals surface area contributed by atoms with Crippen LogP contribution in [0.2, 0.25) is 0 Å². The van der Waals surface area contributed by atoms with Crippen molar-refractivity contribution in [1.29, 1.82) is 0 Å². The maximum absolute atomic E-state index is 15.0. The maximum Gasteiger partial charge on any atom is 0.408 e. The van der Waals surface area contributed by atoms with Gasteiger partial charge in [0.2, 0.25) is 11.9 Å². The summed E-state index contributed by atoms with van der Waals surface area (Å²) in [5.41, 5.74) is 3.44. The lowest BCUT2D eigenvalue weighted by Gasteiger charge is -2.27. The van der Waals surface area contributed by atoms with E-state index in [0.29, 0.717) is 28.7 Å². The Morgan fingerprint density at radius 3 is 2.38 bits per heavy atom. The molecule has 3 aromatic rings. The average Bonchev–Trinajstić information content (AvgIpc) is 3.80. The summed E-state index contributed by atoms with van der Waals surface area (Å²) in [6.45, 7) is 3.82. The van der Waals surface area contributed by atoms with E-state index in [4.69, 9.17) is 4.74 Å². The minimum absolute atomic E-state index is 0.0226. The fourth-order valence-electron chi connectivity index (χ4n) is 4.94. The third-order valence-corrected chi connectivity index (χ3v) is 7.10. The Labute approximate surface area is 215 Å². The van der Waals surface area contributed by atoms with E-state index in [9.17, 15) is 9.59 Å². The van der Waals surface area contributed by atoms with Crippen molar-refractivity contribution < 1.29 is 18.7 Å². The van der Waals surface area contributed by atoms with E-state index in [1.807, 2.05) is 50.2 Å². The van der Waals surface area contributed by atoms with Gasteiger partial charge in [0.05, 0.1) is 0 Å². The number of nitrogens with one attached hydrogen (secondary N) is 2. The molecule has 2 heterocycles. The number of benzene rings is 1. The standard InChI is InChI=1S/C29H31FN4O3/c1-17-14-23(18(2)31-15-17)22-12-13-24(32-27(22)30)33-28(35)26(25(20-8-9-20)21-10-11-21)34-29(36)37-16-19-6-4-3-5-7-19/h3-7,12-15,20-21,25-26H,8-11,16H2,1-2H3,(H,34,36)(H,32,33,35)/t26-/m0/s1. The van der Waals surface area contributed by atoms with E-state index in [0.717, 1.165) is 36.8 Å². The molecule has 7 nitrogen and oxygen atoms in total. The number of pyridine rings is 2. The number of carbonyl (C=O) groups is 2.